The molecule has 2 aromatic rings. The Morgan fingerprint density at radius 3 is 2.67 bits per heavy atom. The summed E-state index contributed by atoms with van der Waals surface area (Å²) in [5.41, 5.74) is 7.29. The Bertz CT molecular complexity index is 733. The van der Waals surface area contributed by atoms with Crippen LogP contribution in [-0.2, 0) is 11.2 Å². The highest BCUT2D eigenvalue weighted by Gasteiger charge is 2.28. The lowest BCUT2D eigenvalue weighted by molar-refractivity contribution is -0.134. The fourth-order valence-corrected chi connectivity index (χ4v) is 3.14. The summed E-state index contributed by atoms with van der Waals surface area (Å²) in [7, 11) is 2.03. The molecule has 3 amide bonds. The molecule has 1 atom stereocenters. The van der Waals surface area contributed by atoms with Crippen LogP contribution in [0.15, 0.2) is 30.5 Å². The van der Waals surface area contributed by atoms with E-state index in [0.29, 0.717) is 19.5 Å². The summed E-state index contributed by atoms with van der Waals surface area (Å²) >= 11 is 0. The summed E-state index contributed by atoms with van der Waals surface area (Å²) in [6.07, 6.45) is 2.30. The van der Waals surface area contributed by atoms with Crippen molar-refractivity contribution in [1.29, 1.82) is 0 Å². The van der Waals surface area contributed by atoms with Crippen LogP contribution in [0.2, 0.25) is 0 Å². The number of nitrogens with two attached hydrogens (primary N) is 1. The number of para-hydroxylation sites is 1. The molecule has 1 aliphatic heterocycles. The van der Waals surface area contributed by atoms with Crippen molar-refractivity contribution >= 4 is 22.8 Å². The topological polar surface area (TPSA) is 94.5 Å². The van der Waals surface area contributed by atoms with Crippen molar-refractivity contribution in [3.05, 3.63) is 36.0 Å². The highest BCUT2D eigenvalue weighted by Crippen LogP contribution is 2.19. The highest BCUT2D eigenvalue weighted by molar-refractivity contribution is 5.89. The molecule has 2 heterocycles. The molecule has 0 bridgehead atoms. The number of urea groups is 1. The zero-order valence-electron chi connectivity index (χ0n) is 13.8. The summed E-state index contributed by atoms with van der Waals surface area (Å²) in [5, 5.41) is 3.67. The number of benzene rings is 1. The average molecular weight is 329 g/mol. The Balaban J connectivity index is 1.78. The van der Waals surface area contributed by atoms with Crippen molar-refractivity contribution < 1.29 is 9.59 Å². The molecule has 0 spiro atoms. The van der Waals surface area contributed by atoms with Gasteiger partial charge in [0.1, 0.15) is 6.04 Å². The van der Waals surface area contributed by atoms with E-state index in [-0.39, 0.29) is 5.91 Å². The van der Waals surface area contributed by atoms with Gasteiger partial charge in [-0.1, -0.05) is 18.2 Å². The number of nitrogens with zero attached hydrogens (tertiary/aromatic N) is 2. The number of nitrogens with one attached hydrogen (secondary N) is 2. The minimum atomic E-state index is -0.678. The Hall–Kier alpha value is -2.54. The number of H-pyrrole nitrogens is 1. The maximum atomic E-state index is 12.8. The molecule has 3 rings (SSSR count). The number of hydrogen-bond acceptors (Lipinski definition) is 3. The van der Waals surface area contributed by atoms with Crippen molar-refractivity contribution in [2.24, 2.45) is 5.73 Å². The summed E-state index contributed by atoms with van der Waals surface area (Å²) in [6, 6.07) is 6.57. The van der Waals surface area contributed by atoms with Crippen molar-refractivity contribution in [2.75, 3.05) is 33.2 Å². The van der Waals surface area contributed by atoms with E-state index in [1.54, 1.807) is 4.90 Å². The van der Waals surface area contributed by atoms with Crippen LogP contribution in [0.25, 0.3) is 10.9 Å². The molecule has 0 radical (unpaired) electrons. The maximum absolute atomic E-state index is 12.8. The van der Waals surface area contributed by atoms with Gasteiger partial charge in [-0.05, 0) is 18.7 Å². The van der Waals surface area contributed by atoms with Gasteiger partial charge in [0.15, 0.2) is 0 Å². The molecule has 4 N–H and O–H groups in total. The van der Waals surface area contributed by atoms with Gasteiger partial charge in [-0.2, -0.15) is 0 Å². The van der Waals surface area contributed by atoms with Gasteiger partial charge in [-0.15, -0.1) is 0 Å². The number of hydrogen-bond donors (Lipinski definition) is 3. The minimum absolute atomic E-state index is 0.0767. The zero-order chi connectivity index (χ0) is 17.1. The van der Waals surface area contributed by atoms with Crippen LogP contribution in [0.4, 0.5) is 4.79 Å². The number of likely N-dealkylation sites (N-methyl/N-ethyl adjacent to an activating group) is 1. The van der Waals surface area contributed by atoms with Crippen LogP contribution in [-0.4, -0.2) is 66.0 Å². The van der Waals surface area contributed by atoms with Gasteiger partial charge in [0.25, 0.3) is 0 Å². The number of aromatic amines is 1. The standard InChI is InChI=1S/C17H23N5O2/c1-21-6-8-22(9-7-21)16(23)15(20-17(18)24)10-12-11-19-14-5-3-2-4-13(12)14/h2-5,11,15,19H,6-10H2,1H3,(H3,18,20,24). The first-order valence-corrected chi connectivity index (χ1v) is 8.13. The number of piperazine rings is 1. The molecule has 1 aromatic carbocycles. The van der Waals surface area contributed by atoms with E-state index in [1.165, 1.54) is 0 Å². The fourth-order valence-electron chi connectivity index (χ4n) is 3.14. The van der Waals surface area contributed by atoms with E-state index in [0.717, 1.165) is 29.6 Å². The van der Waals surface area contributed by atoms with E-state index in [2.05, 4.69) is 15.2 Å². The second-order valence-corrected chi connectivity index (χ2v) is 6.25. The number of carbonyl (C=O) groups excluding carboxylic acids is 2. The maximum Gasteiger partial charge on any atom is 0.312 e. The van der Waals surface area contributed by atoms with E-state index < -0.39 is 12.1 Å². The lowest BCUT2D eigenvalue weighted by Gasteiger charge is -2.34. The molecule has 7 heteroatoms. The smallest absolute Gasteiger partial charge is 0.312 e. The molecule has 128 valence electrons. The SMILES string of the molecule is CN1CCN(C(=O)C(Cc2c[nH]c3ccccc23)NC(N)=O)CC1. The van der Waals surface area contributed by atoms with E-state index in [4.69, 9.17) is 5.73 Å². The third-order valence-electron chi connectivity index (χ3n) is 4.53. The van der Waals surface area contributed by atoms with Crippen molar-refractivity contribution in [1.82, 2.24) is 20.1 Å². The largest absolute Gasteiger partial charge is 0.361 e. The Morgan fingerprint density at radius 1 is 1.25 bits per heavy atom. The van der Waals surface area contributed by atoms with Gasteiger partial charge in [-0.3, -0.25) is 4.79 Å². The summed E-state index contributed by atoms with van der Waals surface area (Å²) in [5.74, 6) is -0.0767. The summed E-state index contributed by atoms with van der Waals surface area (Å²) in [6.45, 7) is 3.00. The third kappa shape index (κ3) is 3.51. The van der Waals surface area contributed by atoms with Gasteiger partial charge < -0.3 is 25.8 Å². The molecule has 1 aliphatic rings. The second-order valence-electron chi connectivity index (χ2n) is 6.25. The van der Waals surface area contributed by atoms with Crippen LogP contribution in [0, 0.1) is 0 Å². The zero-order valence-corrected chi connectivity index (χ0v) is 13.8. The second kappa shape index (κ2) is 6.92. The van der Waals surface area contributed by atoms with Crippen molar-refractivity contribution in [2.45, 2.75) is 12.5 Å². The Morgan fingerprint density at radius 2 is 1.96 bits per heavy atom. The van der Waals surface area contributed by atoms with Crippen molar-refractivity contribution in [3.8, 4) is 0 Å². The van der Waals surface area contributed by atoms with E-state index >= 15 is 0 Å². The lowest BCUT2D eigenvalue weighted by Crippen LogP contribution is -2.55. The van der Waals surface area contributed by atoms with Crippen molar-refractivity contribution in [3.63, 3.8) is 0 Å². The number of primary amides is 1. The van der Waals surface area contributed by atoms with Gasteiger partial charge in [0.2, 0.25) is 5.91 Å². The van der Waals surface area contributed by atoms with Crippen LogP contribution in [0.1, 0.15) is 5.56 Å². The van der Waals surface area contributed by atoms with Gasteiger partial charge in [0.05, 0.1) is 0 Å². The van der Waals surface area contributed by atoms with Crippen LogP contribution >= 0.6 is 0 Å². The number of amides is 3. The Labute approximate surface area is 140 Å². The average Bonchev–Trinajstić information content (AvgIpc) is 2.97. The minimum Gasteiger partial charge on any atom is -0.361 e. The molecule has 1 fully saturated rings. The van der Waals surface area contributed by atoms with Crippen LogP contribution < -0.4 is 11.1 Å². The molecule has 1 aromatic heterocycles. The molecule has 1 unspecified atom stereocenters. The van der Waals surface area contributed by atoms with E-state index in [1.807, 2.05) is 37.5 Å². The molecule has 1 saturated heterocycles. The molecule has 0 aliphatic carbocycles. The number of fused-ring (bicyclic) bond motifs is 1. The number of rotatable bonds is 4. The predicted molar refractivity (Wildman–Crippen MR) is 92.6 cm³/mol. The van der Waals surface area contributed by atoms with Gasteiger partial charge in [-0.25, -0.2) is 4.79 Å². The first kappa shape index (κ1) is 16.3. The van der Waals surface area contributed by atoms with Gasteiger partial charge >= 0.3 is 6.03 Å². The first-order valence-electron chi connectivity index (χ1n) is 8.13. The monoisotopic (exact) mass is 329 g/mol. The van der Waals surface area contributed by atoms with Crippen LogP contribution in [0.3, 0.4) is 0 Å². The van der Waals surface area contributed by atoms with Gasteiger partial charge in [0, 0.05) is 49.7 Å². The predicted octanol–water partition coefficient (Wildman–Crippen LogP) is 0.521. The number of aromatic nitrogens is 1. The number of carbonyl (C=O) groups is 2. The molecule has 7 nitrogen and oxygen atoms in total. The lowest BCUT2D eigenvalue weighted by atomic mass is 10.0. The fraction of sp³-hybridized carbons (Fsp3) is 0.412. The summed E-state index contributed by atoms with van der Waals surface area (Å²) in [4.78, 5) is 31.4. The molecular formula is C17H23N5O2. The normalized spacial score (nSPS) is 17.0. The molecule has 0 saturated carbocycles. The van der Waals surface area contributed by atoms with E-state index in [9.17, 15) is 9.59 Å². The highest BCUT2D eigenvalue weighted by atomic mass is 16.2. The first-order chi connectivity index (χ1) is 11.5. The molecular weight excluding hydrogens is 306 g/mol. The third-order valence-corrected chi connectivity index (χ3v) is 4.53. The van der Waals surface area contributed by atoms with Crippen LogP contribution in [0.5, 0.6) is 0 Å². The Kier molecular flexibility index (Phi) is 4.71. The molecule has 24 heavy (non-hydrogen) atoms. The quantitative estimate of drug-likeness (QED) is 0.763. The summed E-state index contributed by atoms with van der Waals surface area (Å²) < 4.78 is 0.